The third-order valence-corrected chi connectivity index (χ3v) is 4.76. The Morgan fingerprint density at radius 1 is 0.913 bits per heavy atom. The van der Waals surface area contributed by atoms with Crippen LogP contribution in [0.3, 0.4) is 0 Å². The van der Waals surface area contributed by atoms with E-state index in [1.165, 1.54) is 35.6 Å². The van der Waals surface area contributed by atoms with Crippen molar-refractivity contribution in [3.05, 3.63) is 48.0 Å². The standard InChI is InChI=1S/C18H24ClO3P/c19-23(20,21)22-15-8-4-2-1-3-5-10-16-12-9-13-17-11-6-7-14-18(16)17/h6-7,9,11-14H,1-5,8,10,15H2,(H,20,21). The Labute approximate surface area is 142 Å². The molecule has 23 heavy (non-hydrogen) atoms. The van der Waals surface area contributed by atoms with Crippen LogP contribution in [-0.2, 0) is 15.5 Å². The van der Waals surface area contributed by atoms with Crippen LogP contribution in [0.1, 0.15) is 44.1 Å². The first-order chi connectivity index (χ1) is 11.1. The van der Waals surface area contributed by atoms with E-state index < -0.39 is 6.95 Å². The van der Waals surface area contributed by atoms with Crippen molar-refractivity contribution in [2.45, 2.75) is 44.9 Å². The topological polar surface area (TPSA) is 46.5 Å². The Hall–Kier alpha value is -0.860. The normalized spacial score (nSPS) is 14.0. The highest BCUT2D eigenvalue weighted by molar-refractivity contribution is 7.80. The van der Waals surface area contributed by atoms with Gasteiger partial charge in [-0.05, 0) is 35.6 Å². The van der Waals surface area contributed by atoms with Crippen molar-refractivity contribution in [2.75, 3.05) is 6.61 Å². The molecule has 2 rings (SSSR count). The van der Waals surface area contributed by atoms with E-state index in [1.54, 1.807) is 0 Å². The van der Waals surface area contributed by atoms with Gasteiger partial charge in [0.1, 0.15) is 0 Å². The Balaban J connectivity index is 1.60. The molecule has 0 aromatic heterocycles. The molecule has 0 spiro atoms. The predicted octanol–water partition coefficient (Wildman–Crippen LogP) is 6.08. The van der Waals surface area contributed by atoms with Crippen LogP contribution in [0.15, 0.2) is 42.5 Å². The van der Waals surface area contributed by atoms with E-state index >= 15 is 0 Å². The molecule has 1 N–H and O–H groups in total. The van der Waals surface area contributed by atoms with E-state index in [4.69, 9.17) is 16.1 Å². The number of hydrogen-bond acceptors (Lipinski definition) is 2. The van der Waals surface area contributed by atoms with Crippen molar-refractivity contribution in [3.8, 4) is 0 Å². The lowest BCUT2D eigenvalue weighted by atomic mass is 9.99. The third kappa shape index (κ3) is 7.05. The second-order valence-corrected chi connectivity index (χ2v) is 8.24. The summed E-state index contributed by atoms with van der Waals surface area (Å²) in [7, 11) is 0. The van der Waals surface area contributed by atoms with Gasteiger partial charge < -0.3 is 4.89 Å². The molecule has 0 radical (unpaired) electrons. The van der Waals surface area contributed by atoms with Gasteiger partial charge in [0.15, 0.2) is 0 Å². The third-order valence-electron chi connectivity index (χ3n) is 3.97. The summed E-state index contributed by atoms with van der Waals surface area (Å²) in [6, 6.07) is 15.0. The van der Waals surface area contributed by atoms with E-state index in [9.17, 15) is 4.57 Å². The van der Waals surface area contributed by atoms with Crippen molar-refractivity contribution in [3.63, 3.8) is 0 Å². The zero-order valence-corrected chi connectivity index (χ0v) is 14.9. The van der Waals surface area contributed by atoms with Crippen LogP contribution in [0.25, 0.3) is 10.8 Å². The fraction of sp³-hybridized carbons (Fsp3) is 0.444. The largest absolute Gasteiger partial charge is 0.421 e. The molecule has 0 fully saturated rings. The highest BCUT2D eigenvalue weighted by Crippen LogP contribution is 2.47. The first-order valence-electron chi connectivity index (χ1n) is 8.20. The summed E-state index contributed by atoms with van der Waals surface area (Å²) in [5.74, 6) is 0. The monoisotopic (exact) mass is 354 g/mol. The van der Waals surface area contributed by atoms with Crippen LogP contribution in [0.2, 0.25) is 0 Å². The minimum atomic E-state index is -3.81. The minimum absolute atomic E-state index is 0.257. The lowest BCUT2D eigenvalue weighted by Gasteiger charge is -2.07. The van der Waals surface area contributed by atoms with Crippen LogP contribution < -0.4 is 0 Å². The van der Waals surface area contributed by atoms with Crippen molar-refractivity contribution < 1.29 is 14.0 Å². The molecule has 0 amide bonds. The molecule has 5 heteroatoms. The first-order valence-corrected chi connectivity index (χ1v) is 10.7. The van der Waals surface area contributed by atoms with Crippen molar-refractivity contribution in [1.82, 2.24) is 0 Å². The predicted molar refractivity (Wildman–Crippen MR) is 97.0 cm³/mol. The maximum absolute atomic E-state index is 10.7. The van der Waals surface area contributed by atoms with Gasteiger partial charge in [0.05, 0.1) is 6.61 Å². The summed E-state index contributed by atoms with van der Waals surface area (Å²) in [6.07, 6.45) is 7.60. The number of rotatable bonds is 10. The van der Waals surface area contributed by atoms with Crippen molar-refractivity contribution in [2.24, 2.45) is 0 Å². The smallest absolute Gasteiger partial charge is 0.313 e. The number of benzene rings is 2. The Morgan fingerprint density at radius 3 is 2.35 bits per heavy atom. The molecule has 3 nitrogen and oxygen atoms in total. The SMILES string of the molecule is O=P(O)(Cl)OCCCCCCCCc1cccc2ccccc12. The second-order valence-electron chi connectivity index (χ2n) is 5.79. The Morgan fingerprint density at radius 2 is 1.57 bits per heavy atom. The fourth-order valence-electron chi connectivity index (χ4n) is 2.81. The van der Waals surface area contributed by atoms with Crippen LogP contribution in [0.5, 0.6) is 0 Å². The zero-order chi connectivity index (χ0) is 16.5. The molecule has 0 saturated carbocycles. The van der Waals surface area contributed by atoms with Crippen LogP contribution in [-0.4, -0.2) is 11.5 Å². The maximum atomic E-state index is 10.7. The molecule has 126 valence electrons. The van der Waals surface area contributed by atoms with Gasteiger partial charge in [-0.15, -0.1) is 0 Å². The highest BCUT2D eigenvalue weighted by atomic mass is 35.7. The lowest BCUT2D eigenvalue weighted by Crippen LogP contribution is -1.91. The van der Waals surface area contributed by atoms with Crippen LogP contribution in [0, 0.1) is 0 Å². The Bertz CT molecular complexity index is 648. The number of halogens is 1. The molecule has 0 aliphatic rings. The quantitative estimate of drug-likeness (QED) is 0.415. The maximum Gasteiger partial charge on any atom is 0.421 e. The number of unbranched alkanes of at least 4 members (excludes halogenated alkanes) is 5. The average Bonchev–Trinajstić information content (AvgIpc) is 2.52. The van der Waals surface area contributed by atoms with Gasteiger partial charge in [-0.1, -0.05) is 68.1 Å². The minimum Gasteiger partial charge on any atom is -0.313 e. The van der Waals surface area contributed by atoms with Gasteiger partial charge >= 0.3 is 6.95 Å². The molecule has 0 bridgehead atoms. The van der Waals surface area contributed by atoms with Gasteiger partial charge in [0.2, 0.25) is 0 Å². The van der Waals surface area contributed by atoms with E-state index in [2.05, 4.69) is 47.0 Å². The fourth-order valence-corrected chi connectivity index (χ4v) is 3.37. The zero-order valence-electron chi connectivity index (χ0n) is 13.3. The highest BCUT2D eigenvalue weighted by Gasteiger charge is 2.12. The van der Waals surface area contributed by atoms with E-state index in [0.29, 0.717) is 0 Å². The van der Waals surface area contributed by atoms with Crippen LogP contribution in [0.4, 0.5) is 0 Å². The molecule has 0 aliphatic carbocycles. The summed E-state index contributed by atoms with van der Waals surface area (Å²) >= 11 is 5.10. The number of fused-ring (bicyclic) bond motifs is 1. The number of aryl methyl sites for hydroxylation is 1. The molecule has 0 saturated heterocycles. The summed E-state index contributed by atoms with van der Waals surface area (Å²) < 4.78 is 15.3. The molecule has 0 aliphatic heterocycles. The van der Waals surface area contributed by atoms with E-state index in [-0.39, 0.29) is 6.61 Å². The van der Waals surface area contributed by atoms with Gasteiger partial charge in [-0.3, -0.25) is 4.52 Å². The Kier molecular flexibility index (Phi) is 7.58. The lowest BCUT2D eigenvalue weighted by molar-refractivity contribution is 0.266. The summed E-state index contributed by atoms with van der Waals surface area (Å²) in [4.78, 5) is 8.77. The van der Waals surface area contributed by atoms with Crippen molar-refractivity contribution in [1.29, 1.82) is 0 Å². The van der Waals surface area contributed by atoms with Gasteiger partial charge in [0, 0.05) is 11.2 Å². The molecule has 1 unspecified atom stereocenters. The summed E-state index contributed by atoms with van der Waals surface area (Å²) in [6.45, 7) is -3.56. The van der Waals surface area contributed by atoms with Gasteiger partial charge in [0.25, 0.3) is 0 Å². The first kappa shape index (κ1) is 18.5. The molecule has 2 aromatic carbocycles. The molecular formula is C18H24ClO3P. The number of hydrogen-bond donors (Lipinski definition) is 1. The molecular weight excluding hydrogens is 331 g/mol. The van der Waals surface area contributed by atoms with Crippen LogP contribution >= 0.6 is 18.2 Å². The summed E-state index contributed by atoms with van der Waals surface area (Å²) in [5, 5.41) is 2.67. The van der Waals surface area contributed by atoms with Crippen molar-refractivity contribution >= 4 is 29.0 Å². The summed E-state index contributed by atoms with van der Waals surface area (Å²) in [5.41, 5.74) is 1.43. The van der Waals surface area contributed by atoms with Gasteiger partial charge in [-0.25, -0.2) is 4.57 Å². The van der Waals surface area contributed by atoms with E-state index in [0.717, 1.165) is 25.7 Å². The molecule has 0 heterocycles. The average molecular weight is 355 g/mol. The molecule has 1 atom stereocenters. The van der Waals surface area contributed by atoms with Gasteiger partial charge in [-0.2, -0.15) is 0 Å². The van der Waals surface area contributed by atoms with E-state index in [1.807, 2.05) is 0 Å². The molecule has 2 aromatic rings. The second kappa shape index (κ2) is 9.44.